The first-order valence-electron chi connectivity index (χ1n) is 6.48. The summed E-state index contributed by atoms with van der Waals surface area (Å²) in [6.45, 7) is 2.28. The van der Waals surface area contributed by atoms with Crippen molar-refractivity contribution in [1.29, 1.82) is 0 Å². The Kier molecular flexibility index (Phi) is 5.83. The molecule has 0 spiro atoms. The molecule has 2 amide bonds. The number of rotatable bonds is 6. The van der Waals surface area contributed by atoms with Gasteiger partial charge in [0.25, 0.3) is 5.91 Å². The van der Waals surface area contributed by atoms with E-state index >= 15 is 0 Å². The minimum atomic E-state index is -0.361. The maximum Gasteiger partial charge on any atom is 0.256 e. The van der Waals surface area contributed by atoms with Gasteiger partial charge in [-0.2, -0.15) is 0 Å². The van der Waals surface area contributed by atoms with Crippen LogP contribution in [-0.4, -0.2) is 51.1 Å². The van der Waals surface area contributed by atoms with Gasteiger partial charge in [-0.3, -0.25) is 9.59 Å². The van der Waals surface area contributed by atoms with E-state index in [2.05, 4.69) is 5.32 Å². The van der Waals surface area contributed by atoms with Crippen LogP contribution in [0.4, 0.5) is 5.69 Å². The van der Waals surface area contributed by atoms with E-state index in [4.69, 9.17) is 15.2 Å². The fourth-order valence-corrected chi connectivity index (χ4v) is 1.83. The largest absolute Gasteiger partial charge is 0.493 e. The number of hydrogen-bond acceptors (Lipinski definition) is 5. The molecule has 0 aliphatic heterocycles. The summed E-state index contributed by atoms with van der Waals surface area (Å²) in [5, 5.41) is 2.63. The second-order valence-corrected chi connectivity index (χ2v) is 4.41. The van der Waals surface area contributed by atoms with E-state index in [1.807, 2.05) is 6.92 Å². The molecule has 3 N–H and O–H groups in total. The van der Waals surface area contributed by atoms with E-state index in [-0.39, 0.29) is 29.6 Å². The summed E-state index contributed by atoms with van der Waals surface area (Å²) < 4.78 is 10.3. The molecule has 1 aromatic carbocycles. The highest BCUT2D eigenvalue weighted by Gasteiger charge is 2.20. The lowest BCUT2D eigenvalue weighted by molar-refractivity contribution is -0.121. The molecule has 21 heavy (non-hydrogen) atoms. The van der Waals surface area contributed by atoms with Crippen molar-refractivity contribution in [3.05, 3.63) is 17.7 Å². The van der Waals surface area contributed by atoms with Crippen LogP contribution < -0.4 is 20.5 Å². The van der Waals surface area contributed by atoms with Crippen molar-refractivity contribution in [3.8, 4) is 11.5 Å². The Morgan fingerprint density at radius 2 is 1.81 bits per heavy atom. The van der Waals surface area contributed by atoms with Crippen LogP contribution in [0.15, 0.2) is 12.1 Å². The molecule has 0 bridgehead atoms. The van der Waals surface area contributed by atoms with Gasteiger partial charge >= 0.3 is 0 Å². The third kappa shape index (κ3) is 4.01. The molecule has 7 heteroatoms. The second kappa shape index (κ2) is 7.37. The summed E-state index contributed by atoms with van der Waals surface area (Å²) in [6, 6.07) is 3.02. The third-order valence-electron chi connectivity index (χ3n) is 2.89. The van der Waals surface area contributed by atoms with Crippen LogP contribution in [0.5, 0.6) is 11.5 Å². The summed E-state index contributed by atoms with van der Waals surface area (Å²) in [4.78, 5) is 25.2. The van der Waals surface area contributed by atoms with Gasteiger partial charge < -0.3 is 25.4 Å². The van der Waals surface area contributed by atoms with Crippen molar-refractivity contribution in [2.75, 3.05) is 40.1 Å². The fourth-order valence-electron chi connectivity index (χ4n) is 1.83. The molecule has 0 saturated heterocycles. The topological polar surface area (TPSA) is 93.9 Å². The quantitative estimate of drug-likeness (QED) is 0.745. The molecule has 0 heterocycles. The Bertz CT molecular complexity index is 531. The second-order valence-electron chi connectivity index (χ2n) is 4.41. The highest BCUT2D eigenvalue weighted by molar-refractivity contribution is 6.01. The van der Waals surface area contributed by atoms with Crippen molar-refractivity contribution < 1.29 is 19.1 Å². The van der Waals surface area contributed by atoms with Crippen LogP contribution in [0.2, 0.25) is 0 Å². The highest BCUT2D eigenvalue weighted by Crippen LogP contribution is 2.32. The van der Waals surface area contributed by atoms with Gasteiger partial charge in [-0.25, -0.2) is 0 Å². The van der Waals surface area contributed by atoms with Crippen molar-refractivity contribution in [1.82, 2.24) is 10.2 Å². The molecule has 0 unspecified atom stereocenters. The first-order chi connectivity index (χ1) is 9.94. The van der Waals surface area contributed by atoms with Gasteiger partial charge in [0.2, 0.25) is 5.91 Å². The standard InChI is InChI=1S/C14H21N3O4/c1-5-16-13(18)8-17(2)14(19)9-6-11(20-3)12(21-4)7-10(9)15/h6-7H,5,8,15H2,1-4H3,(H,16,18). The van der Waals surface area contributed by atoms with E-state index in [0.29, 0.717) is 18.0 Å². The normalized spacial score (nSPS) is 9.90. The number of anilines is 1. The number of ether oxygens (including phenoxy) is 2. The Morgan fingerprint density at radius 1 is 1.24 bits per heavy atom. The molecule has 7 nitrogen and oxygen atoms in total. The minimum Gasteiger partial charge on any atom is -0.493 e. The van der Waals surface area contributed by atoms with Crippen LogP contribution in [0.25, 0.3) is 0 Å². The minimum absolute atomic E-state index is 0.0412. The molecule has 0 aliphatic rings. The van der Waals surface area contributed by atoms with Crippen molar-refractivity contribution in [2.24, 2.45) is 0 Å². The number of methoxy groups -OCH3 is 2. The summed E-state index contributed by atoms with van der Waals surface area (Å²) >= 11 is 0. The predicted molar refractivity (Wildman–Crippen MR) is 79.6 cm³/mol. The molecule has 0 radical (unpaired) electrons. The predicted octanol–water partition coefficient (Wildman–Crippen LogP) is 0.494. The van der Waals surface area contributed by atoms with E-state index in [9.17, 15) is 9.59 Å². The number of nitrogens with zero attached hydrogens (tertiary/aromatic N) is 1. The zero-order valence-electron chi connectivity index (χ0n) is 12.7. The SMILES string of the molecule is CCNC(=O)CN(C)C(=O)c1cc(OC)c(OC)cc1N. The van der Waals surface area contributed by atoms with Gasteiger partial charge in [0, 0.05) is 25.3 Å². The fraction of sp³-hybridized carbons (Fsp3) is 0.429. The van der Waals surface area contributed by atoms with Crippen LogP contribution in [0.3, 0.4) is 0 Å². The van der Waals surface area contributed by atoms with Crippen molar-refractivity contribution >= 4 is 17.5 Å². The number of carbonyl (C=O) groups is 2. The van der Waals surface area contributed by atoms with Crippen molar-refractivity contribution in [2.45, 2.75) is 6.92 Å². The molecule has 1 aromatic rings. The Morgan fingerprint density at radius 3 is 2.33 bits per heavy atom. The first-order valence-corrected chi connectivity index (χ1v) is 6.48. The van der Waals surface area contributed by atoms with Gasteiger partial charge in [0.05, 0.1) is 26.3 Å². The Hall–Kier alpha value is -2.44. The van der Waals surface area contributed by atoms with Gasteiger partial charge in [0.15, 0.2) is 11.5 Å². The monoisotopic (exact) mass is 295 g/mol. The average molecular weight is 295 g/mol. The first kappa shape index (κ1) is 16.6. The molecular weight excluding hydrogens is 274 g/mol. The summed E-state index contributed by atoms with van der Waals surface area (Å²) in [6.07, 6.45) is 0. The van der Waals surface area contributed by atoms with E-state index < -0.39 is 0 Å². The average Bonchev–Trinajstić information content (AvgIpc) is 2.46. The molecule has 1 rings (SSSR count). The van der Waals surface area contributed by atoms with E-state index in [0.717, 1.165) is 0 Å². The molecule has 0 aliphatic carbocycles. The zero-order valence-corrected chi connectivity index (χ0v) is 12.7. The van der Waals surface area contributed by atoms with E-state index in [1.54, 1.807) is 0 Å². The number of nitrogen functional groups attached to an aromatic ring is 1. The van der Waals surface area contributed by atoms with Gasteiger partial charge in [-0.15, -0.1) is 0 Å². The molecule has 116 valence electrons. The Balaban J connectivity index is 2.98. The van der Waals surface area contributed by atoms with Gasteiger partial charge in [-0.05, 0) is 13.0 Å². The molecule has 0 atom stereocenters. The number of likely N-dealkylation sites (N-methyl/N-ethyl adjacent to an activating group) is 2. The van der Waals surface area contributed by atoms with Crippen molar-refractivity contribution in [3.63, 3.8) is 0 Å². The molecule has 0 fully saturated rings. The number of nitrogens with one attached hydrogen (secondary N) is 1. The summed E-state index contributed by atoms with van der Waals surface area (Å²) in [7, 11) is 4.49. The third-order valence-corrected chi connectivity index (χ3v) is 2.89. The number of amides is 2. The van der Waals surface area contributed by atoms with Gasteiger partial charge in [-0.1, -0.05) is 0 Å². The molecule has 0 aromatic heterocycles. The lowest BCUT2D eigenvalue weighted by atomic mass is 10.1. The van der Waals surface area contributed by atoms with Gasteiger partial charge in [0.1, 0.15) is 0 Å². The number of benzene rings is 1. The van der Waals surface area contributed by atoms with E-state index in [1.165, 1.54) is 38.3 Å². The summed E-state index contributed by atoms with van der Waals surface area (Å²) in [5.41, 5.74) is 6.39. The van der Waals surface area contributed by atoms with Crippen LogP contribution in [0.1, 0.15) is 17.3 Å². The lowest BCUT2D eigenvalue weighted by Crippen LogP contribution is -2.38. The number of carbonyl (C=O) groups excluding carboxylic acids is 2. The Labute approximate surface area is 124 Å². The molecular formula is C14H21N3O4. The maximum absolute atomic E-state index is 12.3. The maximum atomic E-state index is 12.3. The summed E-state index contributed by atoms with van der Waals surface area (Å²) in [5.74, 6) is 0.256. The lowest BCUT2D eigenvalue weighted by Gasteiger charge is -2.19. The number of hydrogen-bond donors (Lipinski definition) is 2. The van der Waals surface area contributed by atoms with Crippen LogP contribution >= 0.6 is 0 Å². The highest BCUT2D eigenvalue weighted by atomic mass is 16.5. The van der Waals surface area contributed by atoms with Crippen LogP contribution in [0, 0.1) is 0 Å². The zero-order chi connectivity index (χ0) is 16.0. The molecule has 0 saturated carbocycles. The smallest absolute Gasteiger partial charge is 0.256 e. The number of nitrogens with two attached hydrogens (primary N) is 1. The van der Waals surface area contributed by atoms with Crippen LogP contribution in [-0.2, 0) is 4.79 Å².